The molecule has 5 nitrogen and oxygen atoms in total. The van der Waals surface area contributed by atoms with Gasteiger partial charge in [-0.2, -0.15) is 26.3 Å². The van der Waals surface area contributed by atoms with Crippen LogP contribution in [0.1, 0.15) is 28.3 Å². The van der Waals surface area contributed by atoms with Crippen molar-refractivity contribution in [1.82, 2.24) is 15.1 Å². The summed E-state index contributed by atoms with van der Waals surface area (Å²) in [7, 11) is 3.63. The first-order valence-electron chi connectivity index (χ1n) is 11.0. The van der Waals surface area contributed by atoms with Gasteiger partial charge < -0.3 is 15.3 Å². The monoisotopic (exact) mass is 505 g/mol. The zero-order valence-corrected chi connectivity index (χ0v) is 19.5. The number of piperazine rings is 1. The molecule has 35 heavy (non-hydrogen) atoms. The van der Waals surface area contributed by atoms with E-state index < -0.39 is 35.5 Å². The molecule has 0 saturated carbocycles. The summed E-state index contributed by atoms with van der Waals surface area (Å²) in [5.74, 6) is -0.763. The number of nitrogens with one attached hydrogen (secondary N) is 1. The topological polar surface area (TPSA) is 55.8 Å². The number of carboxylic acids is 1. The van der Waals surface area contributed by atoms with Crippen LogP contribution in [0.5, 0.6) is 0 Å². The fourth-order valence-corrected chi connectivity index (χ4v) is 3.66. The predicted molar refractivity (Wildman–Crippen MR) is 120 cm³/mol. The molecule has 1 unspecified atom stereocenters. The van der Waals surface area contributed by atoms with Crippen molar-refractivity contribution in [3.8, 4) is 0 Å². The molecule has 2 aromatic carbocycles. The number of carbonyl (C=O) groups is 1. The van der Waals surface area contributed by atoms with Gasteiger partial charge in [-0.3, -0.25) is 9.69 Å². The van der Waals surface area contributed by atoms with Gasteiger partial charge >= 0.3 is 18.3 Å². The lowest BCUT2D eigenvalue weighted by molar-refractivity contribution is -0.145. The number of hydrogen-bond donors (Lipinski definition) is 2. The van der Waals surface area contributed by atoms with Gasteiger partial charge in [0.25, 0.3) is 0 Å². The van der Waals surface area contributed by atoms with Crippen LogP contribution in [0.15, 0.2) is 48.5 Å². The SMILES string of the molecule is CN1CCN(C(C(=O)O)c2ccccc2)CC1.CNCCc1cc(C(F)(F)F)cc(C(F)(F)F)c1. The molecule has 1 fully saturated rings. The number of nitrogens with zero attached hydrogens (tertiary/aromatic N) is 2. The van der Waals surface area contributed by atoms with Crippen LogP contribution in [0, 0.1) is 0 Å². The maximum Gasteiger partial charge on any atom is 0.416 e. The third-order valence-corrected chi connectivity index (χ3v) is 5.56. The molecular weight excluding hydrogens is 476 g/mol. The van der Waals surface area contributed by atoms with E-state index in [0.29, 0.717) is 6.54 Å². The number of likely N-dealkylation sites (N-methyl/N-ethyl adjacent to an activating group) is 2. The van der Waals surface area contributed by atoms with Crippen LogP contribution in [0.3, 0.4) is 0 Å². The Morgan fingerprint density at radius 3 is 1.89 bits per heavy atom. The highest BCUT2D eigenvalue weighted by molar-refractivity contribution is 5.75. The molecule has 0 radical (unpaired) electrons. The van der Waals surface area contributed by atoms with E-state index in [1.54, 1.807) is 7.05 Å². The third-order valence-electron chi connectivity index (χ3n) is 5.56. The van der Waals surface area contributed by atoms with Gasteiger partial charge in [-0.25, -0.2) is 0 Å². The van der Waals surface area contributed by atoms with Gasteiger partial charge in [0.15, 0.2) is 0 Å². The van der Waals surface area contributed by atoms with Gasteiger partial charge in [0.1, 0.15) is 6.04 Å². The Hall–Kier alpha value is -2.63. The van der Waals surface area contributed by atoms with Crippen molar-refractivity contribution in [3.63, 3.8) is 0 Å². The predicted octanol–water partition coefficient (Wildman–Crippen LogP) is 4.55. The Balaban J connectivity index is 0.000000247. The molecule has 2 N–H and O–H groups in total. The summed E-state index contributed by atoms with van der Waals surface area (Å²) in [5, 5.41) is 12.1. The van der Waals surface area contributed by atoms with Crippen LogP contribution in [-0.2, 0) is 23.6 Å². The first-order chi connectivity index (χ1) is 16.3. The van der Waals surface area contributed by atoms with Gasteiger partial charge in [0, 0.05) is 26.2 Å². The summed E-state index contributed by atoms with van der Waals surface area (Å²) in [6.07, 6.45) is -9.46. The maximum absolute atomic E-state index is 12.5. The highest BCUT2D eigenvalue weighted by Gasteiger charge is 2.36. The molecule has 194 valence electrons. The van der Waals surface area contributed by atoms with Crippen LogP contribution < -0.4 is 5.32 Å². The van der Waals surface area contributed by atoms with Crippen LogP contribution in [-0.4, -0.2) is 67.7 Å². The van der Waals surface area contributed by atoms with Gasteiger partial charge in [-0.05, 0) is 56.4 Å². The molecule has 0 spiro atoms. The largest absolute Gasteiger partial charge is 0.480 e. The summed E-state index contributed by atoms with van der Waals surface area (Å²) in [6.45, 7) is 3.77. The normalized spacial score (nSPS) is 16.3. The molecule has 1 aliphatic heterocycles. The van der Waals surface area contributed by atoms with E-state index in [9.17, 15) is 36.2 Å². The number of carboxylic acid groups (broad SMARTS) is 1. The quantitative estimate of drug-likeness (QED) is 0.565. The van der Waals surface area contributed by atoms with Crippen LogP contribution >= 0.6 is 0 Å². The lowest BCUT2D eigenvalue weighted by Gasteiger charge is -2.36. The molecular formula is C24H29F6N3O2. The minimum Gasteiger partial charge on any atom is -0.480 e. The Morgan fingerprint density at radius 2 is 1.46 bits per heavy atom. The number of hydrogen-bond acceptors (Lipinski definition) is 4. The van der Waals surface area contributed by atoms with Crippen molar-refractivity contribution in [2.45, 2.75) is 24.8 Å². The average Bonchev–Trinajstić information content (AvgIpc) is 2.79. The lowest BCUT2D eigenvalue weighted by atomic mass is 10.0. The summed E-state index contributed by atoms with van der Waals surface area (Å²) in [4.78, 5) is 15.7. The van der Waals surface area contributed by atoms with Gasteiger partial charge in [0.05, 0.1) is 11.1 Å². The van der Waals surface area contributed by atoms with E-state index >= 15 is 0 Å². The third kappa shape index (κ3) is 8.83. The van der Waals surface area contributed by atoms with E-state index in [0.717, 1.165) is 43.9 Å². The molecule has 2 aromatic rings. The number of rotatable bonds is 6. The summed E-state index contributed by atoms with van der Waals surface area (Å²) in [6, 6.07) is 10.6. The van der Waals surface area contributed by atoms with Gasteiger partial charge in [-0.15, -0.1) is 0 Å². The molecule has 0 aliphatic carbocycles. The first-order valence-corrected chi connectivity index (χ1v) is 11.0. The molecule has 0 amide bonds. The second kappa shape index (κ2) is 12.4. The summed E-state index contributed by atoms with van der Waals surface area (Å²) >= 11 is 0. The second-order valence-corrected chi connectivity index (χ2v) is 8.26. The van der Waals surface area contributed by atoms with E-state index in [1.165, 1.54) is 0 Å². The van der Waals surface area contributed by atoms with Gasteiger partial charge in [0.2, 0.25) is 0 Å². The van der Waals surface area contributed by atoms with Crippen LogP contribution in [0.4, 0.5) is 26.3 Å². The lowest BCUT2D eigenvalue weighted by Crippen LogP contribution is -2.47. The zero-order valence-electron chi connectivity index (χ0n) is 19.5. The highest BCUT2D eigenvalue weighted by atomic mass is 19.4. The molecule has 1 aliphatic rings. The van der Waals surface area contributed by atoms with E-state index in [4.69, 9.17) is 0 Å². The zero-order chi connectivity index (χ0) is 26.2. The molecule has 3 rings (SSSR count). The Bertz CT molecular complexity index is 910. The Kier molecular flexibility index (Phi) is 10.1. The number of halogens is 6. The van der Waals surface area contributed by atoms with Crippen molar-refractivity contribution < 1.29 is 36.2 Å². The minimum absolute atomic E-state index is 0.00602. The summed E-state index contributed by atoms with van der Waals surface area (Å²) in [5.41, 5.74) is -1.68. The van der Waals surface area contributed by atoms with Crippen molar-refractivity contribution >= 4 is 5.97 Å². The molecule has 0 bridgehead atoms. The average molecular weight is 506 g/mol. The standard InChI is InChI=1S/C13H18N2O2.C11H11F6N/c1-14-7-9-15(10-8-14)12(13(16)17)11-5-3-2-4-6-11;1-18-3-2-7-4-8(10(12,13)14)6-9(5-7)11(15,16)17/h2-6,12H,7-10H2,1H3,(H,16,17);4-6,18H,2-3H2,1H3. The molecule has 1 saturated heterocycles. The van der Waals surface area contributed by atoms with Crippen LogP contribution in [0.25, 0.3) is 0 Å². The summed E-state index contributed by atoms with van der Waals surface area (Å²) < 4.78 is 74.9. The van der Waals surface area contributed by atoms with E-state index in [-0.39, 0.29) is 18.1 Å². The van der Waals surface area contributed by atoms with Gasteiger partial charge in [-0.1, -0.05) is 30.3 Å². The van der Waals surface area contributed by atoms with Crippen molar-refractivity contribution in [2.24, 2.45) is 0 Å². The molecule has 11 heteroatoms. The van der Waals surface area contributed by atoms with Crippen LogP contribution in [0.2, 0.25) is 0 Å². The smallest absolute Gasteiger partial charge is 0.416 e. The first kappa shape index (κ1) is 28.6. The molecule has 1 heterocycles. The fourth-order valence-electron chi connectivity index (χ4n) is 3.66. The molecule has 0 aromatic heterocycles. The second-order valence-electron chi connectivity index (χ2n) is 8.26. The van der Waals surface area contributed by atoms with Crippen molar-refractivity contribution in [3.05, 3.63) is 70.8 Å². The number of benzene rings is 2. The Morgan fingerprint density at radius 1 is 0.943 bits per heavy atom. The highest BCUT2D eigenvalue weighted by Crippen LogP contribution is 2.36. The maximum atomic E-state index is 12.5. The molecule has 1 atom stereocenters. The Labute approximate surface area is 200 Å². The van der Waals surface area contributed by atoms with E-state index in [2.05, 4.69) is 17.3 Å². The number of alkyl halides is 6. The van der Waals surface area contributed by atoms with Crippen molar-refractivity contribution in [2.75, 3.05) is 46.8 Å². The van der Waals surface area contributed by atoms with Crippen molar-refractivity contribution in [1.29, 1.82) is 0 Å². The fraction of sp³-hybridized carbons (Fsp3) is 0.458. The van der Waals surface area contributed by atoms with E-state index in [1.807, 2.05) is 35.2 Å². The minimum atomic E-state index is -4.78. The number of aliphatic carboxylic acids is 1.